The minimum atomic E-state index is -0.365. The van der Waals surface area contributed by atoms with Crippen molar-refractivity contribution in [3.05, 3.63) is 29.8 Å². The molecule has 0 bridgehead atoms. The summed E-state index contributed by atoms with van der Waals surface area (Å²) in [5.74, 6) is 0.885. The van der Waals surface area contributed by atoms with Crippen LogP contribution in [-0.4, -0.2) is 29.8 Å². The lowest BCUT2D eigenvalue weighted by Gasteiger charge is -2.28. The van der Waals surface area contributed by atoms with Crippen LogP contribution >= 0.6 is 0 Å². The van der Waals surface area contributed by atoms with Gasteiger partial charge in [0, 0.05) is 6.42 Å². The summed E-state index contributed by atoms with van der Waals surface area (Å²) < 4.78 is 5.40. The Kier molecular flexibility index (Phi) is 5.62. The Morgan fingerprint density at radius 3 is 2.52 bits per heavy atom. The van der Waals surface area contributed by atoms with Crippen molar-refractivity contribution in [2.75, 3.05) is 13.2 Å². The molecular formula is C17H25NO3. The van der Waals surface area contributed by atoms with E-state index in [4.69, 9.17) is 4.74 Å². The lowest BCUT2D eigenvalue weighted by atomic mass is 9.98. The molecule has 0 aliphatic heterocycles. The van der Waals surface area contributed by atoms with E-state index in [1.807, 2.05) is 31.2 Å². The first-order valence-corrected chi connectivity index (χ1v) is 7.81. The molecule has 0 aromatic heterocycles. The zero-order valence-electron chi connectivity index (χ0n) is 12.7. The van der Waals surface area contributed by atoms with Gasteiger partial charge in [0.05, 0.1) is 18.8 Å². The van der Waals surface area contributed by atoms with E-state index in [1.165, 1.54) is 0 Å². The first-order valence-electron chi connectivity index (χ1n) is 7.81. The number of aliphatic hydroxyl groups is 1. The van der Waals surface area contributed by atoms with Gasteiger partial charge in [-0.3, -0.25) is 4.79 Å². The molecule has 0 atom stereocenters. The molecule has 1 aromatic rings. The fourth-order valence-corrected chi connectivity index (χ4v) is 2.91. The van der Waals surface area contributed by atoms with Crippen molar-refractivity contribution in [1.82, 2.24) is 5.32 Å². The standard InChI is InChI=1S/C17H25NO3/c1-2-21-15-8-5-14(6-9-15)7-10-16(20)18-17(13-19)11-3-4-12-17/h5-6,8-9,19H,2-4,7,10-13H2,1H3,(H,18,20). The minimum Gasteiger partial charge on any atom is -0.494 e. The van der Waals surface area contributed by atoms with Crippen molar-refractivity contribution < 1.29 is 14.6 Å². The van der Waals surface area contributed by atoms with Crippen LogP contribution in [0.2, 0.25) is 0 Å². The Bertz CT molecular complexity index is 450. The molecule has 1 amide bonds. The zero-order chi connectivity index (χ0) is 15.1. The molecule has 4 heteroatoms. The van der Waals surface area contributed by atoms with E-state index in [2.05, 4.69) is 5.32 Å². The molecule has 1 fully saturated rings. The second-order valence-electron chi connectivity index (χ2n) is 5.77. The van der Waals surface area contributed by atoms with Crippen molar-refractivity contribution in [2.45, 2.75) is 51.0 Å². The molecule has 0 spiro atoms. The average molecular weight is 291 g/mol. The first-order chi connectivity index (χ1) is 10.2. The third-order valence-electron chi connectivity index (χ3n) is 4.14. The zero-order valence-corrected chi connectivity index (χ0v) is 12.7. The van der Waals surface area contributed by atoms with Gasteiger partial charge in [-0.15, -0.1) is 0 Å². The van der Waals surface area contributed by atoms with Crippen LogP contribution in [0.1, 0.15) is 44.6 Å². The maximum Gasteiger partial charge on any atom is 0.220 e. The van der Waals surface area contributed by atoms with E-state index in [-0.39, 0.29) is 18.1 Å². The van der Waals surface area contributed by atoms with E-state index in [1.54, 1.807) is 0 Å². The highest BCUT2D eigenvalue weighted by Gasteiger charge is 2.34. The SMILES string of the molecule is CCOc1ccc(CCC(=O)NC2(CO)CCCC2)cc1. The van der Waals surface area contributed by atoms with E-state index in [9.17, 15) is 9.90 Å². The highest BCUT2D eigenvalue weighted by molar-refractivity contribution is 5.77. The third kappa shape index (κ3) is 4.46. The summed E-state index contributed by atoms with van der Waals surface area (Å²) in [5.41, 5.74) is 0.758. The van der Waals surface area contributed by atoms with Gasteiger partial charge >= 0.3 is 0 Å². The minimum absolute atomic E-state index is 0.0276. The van der Waals surface area contributed by atoms with Crippen LogP contribution in [0.25, 0.3) is 0 Å². The summed E-state index contributed by atoms with van der Waals surface area (Å²) in [6, 6.07) is 7.86. The van der Waals surface area contributed by atoms with E-state index >= 15 is 0 Å². The Labute approximate surface area is 126 Å². The number of ether oxygens (including phenoxy) is 1. The molecule has 1 saturated carbocycles. The van der Waals surface area contributed by atoms with Crippen molar-refractivity contribution in [2.24, 2.45) is 0 Å². The lowest BCUT2D eigenvalue weighted by Crippen LogP contribution is -2.49. The van der Waals surface area contributed by atoms with Crippen LogP contribution in [-0.2, 0) is 11.2 Å². The molecule has 116 valence electrons. The molecule has 0 saturated heterocycles. The fraction of sp³-hybridized carbons (Fsp3) is 0.588. The molecule has 0 radical (unpaired) electrons. The summed E-state index contributed by atoms with van der Waals surface area (Å²) in [6.45, 7) is 2.66. The first kappa shape index (κ1) is 15.8. The molecule has 1 aliphatic carbocycles. The van der Waals surface area contributed by atoms with Gasteiger partial charge < -0.3 is 15.2 Å². The normalized spacial score (nSPS) is 16.7. The summed E-state index contributed by atoms with van der Waals surface area (Å²) in [7, 11) is 0. The van der Waals surface area contributed by atoms with Crippen LogP contribution < -0.4 is 10.1 Å². The topological polar surface area (TPSA) is 58.6 Å². The van der Waals surface area contributed by atoms with Crippen LogP contribution in [0.15, 0.2) is 24.3 Å². The monoisotopic (exact) mass is 291 g/mol. The smallest absolute Gasteiger partial charge is 0.220 e. The Morgan fingerprint density at radius 2 is 1.95 bits per heavy atom. The van der Waals surface area contributed by atoms with Gasteiger partial charge in [0.15, 0.2) is 0 Å². The molecule has 21 heavy (non-hydrogen) atoms. The number of aryl methyl sites for hydroxylation is 1. The molecule has 1 aliphatic rings. The van der Waals surface area contributed by atoms with Gasteiger partial charge in [-0.1, -0.05) is 25.0 Å². The molecule has 0 unspecified atom stereocenters. The highest BCUT2D eigenvalue weighted by Crippen LogP contribution is 2.29. The number of carbonyl (C=O) groups is 1. The largest absolute Gasteiger partial charge is 0.494 e. The Hall–Kier alpha value is -1.55. The number of amides is 1. The highest BCUT2D eigenvalue weighted by atomic mass is 16.5. The number of benzene rings is 1. The van der Waals surface area contributed by atoms with Crippen LogP contribution in [0.4, 0.5) is 0 Å². The molecule has 2 rings (SSSR count). The number of hydrogen-bond donors (Lipinski definition) is 2. The van der Waals surface area contributed by atoms with Gasteiger partial charge in [-0.05, 0) is 43.9 Å². The molecular weight excluding hydrogens is 266 g/mol. The van der Waals surface area contributed by atoms with E-state index in [0.29, 0.717) is 19.4 Å². The maximum absolute atomic E-state index is 12.1. The van der Waals surface area contributed by atoms with Crippen molar-refractivity contribution >= 4 is 5.91 Å². The van der Waals surface area contributed by atoms with Gasteiger partial charge in [0.2, 0.25) is 5.91 Å². The molecule has 2 N–H and O–H groups in total. The second-order valence-corrected chi connectivity index (χ2v) is 5.77. The predicted molar refractivity (Wildman–Crippen MR) is 82.4 cm³/mol. The number of hydrogen-bond acceptors (Lipinski definition) is 3. The number of nitrogens with one attached hydrogen (secondary N) is 1. The summed E-state index contributed by atoms with van der Waals surface area (Å²) in [6.07, 6.45) is 5.10. The van der Waals surface area contributed by atoms with Crippen LogP contribution in [0.3, 0.4) is 0 Å². The number of carbonyl (C=O) groups excluding carboxylic acids is 1. The summed E-state index contributed by atoms with van der Waals surface area (Å²) in [5, 5.41) is 12.5. The van der Waals surface area contributed by atoms with Gasteiger partial charge in [0.1, 0.15) is 5.75 Å². The average Bonchev–Trinajstić information content (AvgIpc) is 2.96. The summed E-state index contributed by atoms with van der Waals surface area (Å²) in [4.78, 5) is 12.1. The Morgan fingerprint density at radius 1 is 1.29 bits per heavy atom. The lowest BCUT2D eigenvalue weighted by molar-refractivity contribution is -0.123. The maximum atomic E-state index is 12.1. The van der Waals surface area contributed by atoms with E-state index < -0.39 is 0 Å². The molecule has 0 heterocycles. The molecule has 4 nitrogen and oxygen atoms in total. The van der Waals surface area contributed by atoms with Crippen molar-refractivity contribution in [3.63, 3.8) is 0 Å². The van der Waals surface area contributed by atoms with Gasteiger partial charge in [-0.2, -0.15) is 0 Å². The molecule has 1 aromatic carbocycles. The third-order valence-corrected chi connectivity index (χ3v) is 4.14. The Balaban J connectivity index is 1.80. The number of rotatable bonds is 7. The quantitative estimate of drug-likeness (QED) is 0.811. The van der Waals surface area contributed by atoms with Crippen molar-refractivity contribution in [3.8, 4) is 5.75 Å². The van der Waals surface area contributed by atoms with E-state index in [0.717, 1.165) is 37.0 Å². The van der Waals surface area contributed by atoms with Gasteiger partial charge in [-0.25, -0.2) is 0 Å². The van der Waals surface area contributed by atoms with Crippen LogP contribution in [0, 0.1) is 0 Å². The predicted octanol–water partition coefficient (Wildman–Crippen LogP) is 2.44. The van der Waals surface area contributed by atoms with Crippen molar-refractivity contribution in [1.29, 1.82) is 0 Å². The van der Waals surface area contributed by atoms with Gasteiger partial charge in [0.25, 0.3) is 0 Å². The second kappa shape index (κ2) is 7.46. The fourth-order valence-electron chi connectivity index (χ4n) is 2.91. The van der Waals surface area contributed by atoms with Crippen LogP contribution in [0.5, 0.6) is 5.75 Å². The summed E-state index contributed by atoms with van der Waals surface area (Å²) >= 11 is 0. The number of aliphatic hydroxyl groups excluding tert-OH is 1.